The van der Waals surface area contributed by atoms with E-state index in [-0.39, 0.29) is 16.1 Å². The number of hydrogen-bond acceptors (Lipinski definition) is 4. The number of para-hydroxylation sites is 1. The summed E-state index contributed by atoms with van der Waals surface area (Å²) < 4.78 is 42.9. The predicted octanol–water partition coefficient (Wildman–Crippen LogP) is 2.80. The van der Waals surface area contributed by atoms with Crippen molar-refractivity contribution in [1.82, 2.24) is 15.4 Å². The van der Waals surface area contributed by atoms with Gasteiger partial charge in [0, 0.05) is 23.3 Å². The predicted molar refractivity (Wildman–Crippen MR) is 112 cm³/mol. The maximum absolute atomic E-state index is 13.7. The number of anilines is 1. The number of rotatable bonds is 5. The van der Waals surface area contributed by atoms with Crippen LogP contribution in [0.5, 0.6) is 0 Å². The first-order valence-electron chi connectivity index (χ1n) is 8.47. The maximum Gasteiger partial charge on any atom is 0.286 e. The molecule has 1 heterocycles. The Kier molecular flexibility index (Phi) is 6.22. The lowest BCUT2D eigenvalue weighted by Crippen LogP contribution is -2.42. The minimum atomic E-state index is -4.04. The molecule has 0 radical (unpaired) electrons. The number of aryl methyl sites for hydroxylation is 1. The van der Waals surface area contributed by atoms with Crippen molar-refractivity contribution in [3.05, 3.63) is 82.3 Å². The van der Waals surface area contributed by atoms with Crippen LogP contribution in [-0.2, 0) is 17.1 Å². The number of aromatic nitrogens is 1. The average Bonchev–Trinajstić information content (AvgIpc) is 3.05. The maximum atomic E-state index is 13.7. The lowest BCUT2D eigenvalue weighted by Gasteiger charge is -2.10. The van der Waals surface area contributed by atoms with Crippen molar-refractivity contribution < 1.29 is 22.4 Å². The van der Waals surface area contributed by atoms with E-state index in [1.54, 1.807) is 23.9 Å². The van der Waals surface area contributed by atoms with Crippen molar-refractivity contribution in [3.63, 3.8) is 0 Å². The summed E-state index contributed by atoms with van der Waals surface area (Å²) in [4.78, 5) is 24.2. The highest BCUT2D eigenvalue weighted by Gasteiger charge is 2.17. The summed E-state index contributed by atoms with van der Waals surface area (Å²) in [6, 6.07) is 11.9. The molecule has 0 saturated carbocycles. The third-order valence-corrected chi connectivity index (χ3v) is 5.85. The minimum absolute atomic E-state index is 0.119. The van der Waals surface area contributed by atoms with Gasteiger partial charge in [0.05, 0.1) is 10.6 Å². The fourth-order valence-corrected chi connectivity index (χ4v) is 4.12. The molecule has 0 atom stereocenters. The molecule has 0 unspecified atom stereocenters. The van der Waals surface area contributed by atoms with Crippen LogP contribution in [0, 0.1) is 5.82 Å². The summed E-state index contributed by atoms with van der Waals surface area (Å²) in [5.41, 5.74) is 4.80. The van der Waals surface area contributed by atoms with E-state index in [0.29, 0.717) is 10.2 Å². The summed E-state index contributed by atoms with van der Waals surface area (Å²) in [5, 5.41) is 0. The fourth-order valence-electron chi connectivity index (χ4n) is 2.53. The first-order chi connectivity index (χ1) is 14.2. The molecule has 0 bridgehead atoms. The second-order valence-corrected chi connectivity index (χ2v) is 8.77. The number of carbonyl (C=O) groups excluding carboxylic acids is 2. The SMILES string of the molecule is Cn1cc(Br)cc1C(=O)NNC(=O)c1ccc(S(=O)(=O)Nc2ccccc2F)cc1. The van der Waals surface area contributed by atoms with E-state index >= 15 is 0 Å². The zero-order valence-electron chi connectivity index (χ0n) is 15.5. The normalized spacial score (nSPS) is 11.0. The van der Waals surface area contributed by atoms with Gasteiger partial charge in [-0.2, -0.15) is 0 Å². The number of nitrogens with zero attached hydrogens (tertiary/aromatic N) is 1. The van der Waals surface area contributed by atoms with Crippen LogP contribution >= 0.6 is 15.9 Å². The van der Waals surface area contributed by atoms with Crippen molar-refractivity contribution in [3.8, 4) is 0 Å². The Balaban J connectivity index is 1.66. The van der Waals surface area contributed by atoms with Crippen LogP contribution in [0.15, 0.2) is 70.2 Å². The molecule has 30 heavy (non-hydrogen) atoms. The van der Waals surface area contributed by atoms with Crippen LogP contribution in [0.3, 0.4) is 0 Å². The molecule has 0 aliphatic heterocycles. The van der Waals surface area contributed by atoms with E-state index in [1.165, 1.54) is 42.5 Å². The summed E-state index contributed by atoms with van der Waals surface area (Å²) >= 11 is 3.25. The smallest absolute Gasteiger partial charge is 0.286 e. The van der Waals surface area contributed by atoms with Crippen LogP contribution in [-0.4, -0.2) is 24.8 Å². The van der Waals surface area contributed by atoms with Gasteiger partial charge in [-0.25, -0.2) is 12.8 Å². The molecule has 2 aromatic carbocycles. The molecule has 11 heteroatoms. The molecular weight excluding hydrogens is 479 g/mol. The highest BCUT2D eigenvalue weighted by atomic mass is 79.9. The fraction of sp³-hybridized carbons (Fsp3) is 0.0526. The number of nitrogens with one attached hydrogen (secondary N) is 3. The molecule has 3 N–H and O–H groups in total. The number of amides is 2. The zero-order chi connectivity index (χ0) is 21.9. The van der Waals surface area contributed by atoms with Gasteiger partial charge < -0.3 is 4.57 Å². The van der Waals surface area contributed by atoms with Crippen molar-refractivity contribution in [1.29, 1.82) is 0 Å². The highest BCUT2D eigenvalue weighted by molar-refractivity contribution is 9.10. The molecule has 3 rings (SSSR count). The topological polar surface area (TPSA) is 109 Å². The van der Waals surface area contributed by atoms with Crippen LogP contribution < -0.4 is 15.6 Å². The Bertz CT molecular complexity index is 1210. The van der Waals surface area contributed by atoms with Crippen LogP contribution in [0.4, 0.5) is 10.1 Å². The number of carbonyl (C=O) groups is 2. The lowest BCUT2D eigenvalue weighted by atomic mass is 10.2. The Labute approximate surface area is 180 Å². The quantitative estimate of drug-likeness (QED) is 0.473. The molecule has 0 aliphatic carbocycles. The molecule has 8 nitrogen and oxygen atoms in total. The summed E-state index contributed by atoms with van der Waals surface area (Å²) in [5.74, 6) is -1.87. The second-order valence-electron chi connectivity index (χ2n) is 6.17. The van der Waals surface area contributed by atoms with Gasteiger partial charge in [-0.3, -0.25) is 25.2 Å². The van der Waals surface area contributed by atoms with Gasteiger partial charge in [-0.15, -0.1) is 0 Å². The van der Waals surface area contributed by atoms with E-state index in [1.807, 2.05) is 0 Å². The molecule has 0 spiro atoms. The first kappa shape index (κ1) is 21.5. The van der Waals surface area contributed by atoms with E-state index in [2.05, 4.69) is 31.5 Å². The lowest BCUT2D eigenvalue weighted by molar-refractivity contribution is 0.0842. The van der Waals surface area contributed by atoms with Gasteiger partial charge >= 0.3 is 0 Å². The Morgan fingerprint density at radius 3 is 2.23 bits per heavy atom. The molecule has 2 amide bonds. The van der Waals surface area contributed by atoms with Crippen molar-refractivity contribution in [2.24, 2.45) is 7.05 Å². The van der Waals surface area contributed by atoms with Gasteiger partial charge in [0.1, 0.15) is 11.5 Å². The molecule has 156 valence electrons. The van der Waals surface area contributed by atoms with Crippen LogP contribution in [0.2, 0.25) is 0 Å². The van der Waals surface area contributed by atoms with Crippen LogP contribution in [0.25, 0.3) is 0 Å². The average molecular weight is 495 g/mol. The number of halogens is 2. The van der Waals surface area contributed by atoms with Crippen molar-refractivity contribution in [2.45, 2.75) is 4.90 Å². The van der Waals surface area contributed by atoms with Gasteiger partial charge in [0.15, 0.2) is 0 Å². The molecule has 1 aromatic heterocycles. The Hall–Kier alpha value is -3.18. The molecule has 3 aromatic rings. The van der Waals surface area contributed by atoms with E-state index < -0.39 is 27.7 Å². The van der Waals surface area contributed by atoms with Crippen LogP contribution in [0.1, 0.15) is 20.8 Å². The number of sulfonamides is 1. The third kappa shape index (κ3) is 4.86. The largest absolute Gasteiger partial charge is 0.345 e. The first-order valence-corrected chi connectivity index (χ1v) is 10.7. The summed E-state index contributed by atoms with van der Waals surface area (Å²) in [6.07, 6.45) is 1.69. The molecule has 0 aliphatic rings. The third-order valence-electron chi connectivity index (χ3n) is 4.04. The summed E-state index contributed by atoms with van der Waals surface area (Å²) in [7, 11) is -2.36. The second kappa shape index (κ2) is 8.67. The zero-order valence-corrected chi connectivity index (χ0v) is 17.9. The minimum Gasteiger partial charge on any atom is -0.345 e. The highest BCUT2D eigenvalue weighted by Crippen LogP contribution is 2.19. The molecular formula is C19H16BrFN4O4S. The van der Waals surface area contributed by atoms with Gasteiger partial charge in [-0.1, -0.05) is 12.1 Å². The summed E-state index contributed by atoms with van der Waals surface area (Å²) in [6.45, 7) is 0. The molecule has 0 saturated heterocycles. The number of hydrogen-bond donors (Lipinski definition) is 3. The van der Waals surface area contributed by atoms with E-state index in [9.17, 15) is 22.4 Å². The Morgan fingerprint density at radius 2 is 1.63 bits per heavy atom. The van der Waals surface area contributed by atoms with Crippen molar-refractivity contribution in [2.75, 3.05) is 4.72 Å². The van der Waals surface area contributed by atoms with Gasteiger partial charge in [-0.05, 0) is 58.4 Å². The Morgan fingerprint density at radius 1 is 1.00 bits per heavy atom. The van der Waals surface area contributed by atoms with E-state index in [0.717, 1.165) is 6.07 Å². The van der Waals surface area contributed by atoms with Gasteiger partial charge in [0.2, 0.25) is 0 Å². The van der Waals surface area contributed by atoms with E-state index in [4.69, 9.17) is 0 Å². The molecule has 0 fully saturated rings. The monoisotopic (exact) mass is 494 g/mol. The number of hydrazine groups is 1. The standard InChI is InChI=1S/C19H16BrFN4O4S/c1-25-11-13(20)10-17(25)19(27)23-22-18(26)12-6-8-14(9-7-12)30(28,29)24-16-5-3-2-4-15(16)21/h2-11,24H,1H3,(H,22,26)(H,23,27). The number of benzene rings is 2. The van der Waals surface area contributed by atoms with Crippen molar-refractivity contribution >= 4 is 43.5 Å². The van der Waals surface area contributed by atoms with Gasteiger partial charge in [0.25, 0.3) is 21.8 Å².